The Balaban J connectivity index is 2.56. The van der Waals surface area contributed by atoms with Gasteiger partial charge in [-0.1, -0.05) is 36.4 Å². The van der Waals surface area contributed by atoms with E-state index >= 15 is 0 Å². The highest BCUT2D eigenvalue weighted by Gasteiger charge is 2.10. The van der Waals surface area contributed by atoms with Crippen molar-refractivity contribution in [3.8, 4) is 5.75 Å². The van der Waals surface area contributed by atoms with Crippen molar-refractivity contribution in [2.75, 3.05) is 13.3 Å². The average molecular weight is 220 g/mol. The average Bonchev–Trinajstić information content (AvgIpc) is 2.16. The molecule has 2 rings (SSSR count). The van der Waals surface area contributed by atoms with Crippen molar-refractivity contribution in [2.45, 2.75) is 0 Å². The van der Waals surface area contributed by atoms with Gasteiger partial charge in [0.15, 0.2) is 0 Å². The first-order chi connectivity index (χ1) is 7.06. The summed E-state index contributed by atoms with van der Waals surface area (Å²) in [4.78, 5) is 0. The molecular weight excluding hydrogens is 207 g/mol. The molecule has 0 N–H and O–H groups in total. The van der Waals surface area contributed by atoms with Crippen molar-refractivity contribution in [1.82, 2.24) is 0 Å². The van der Waals surface area contributed by atoms with Crippen molar-refractivity contribution < 1.29 is 9.09 Å². The zero-order valence-corrected chi connectivity index (χ0v) is 9.70. The molecule has 0 amide bonds. The van der Waals surface area contributed by atoms with E-state index in [-0.39, 0.29) is 0 Å². The second kappa shape index (κ2) is 3.71. The molecule has 2 aromatic rings. The zero-order valence-electron chi connectivity index (χ0n) is 8.81. The Morgan fingerprint density at radius 3 is 2.40 bits per heavy atom. The van der Waals surface area contributed by atoms with Gasteiger partial charge in [0.2, 0.25) is 7.37 Å². The summed E-state index contributed by atoms with van der Waals surface area (Å²) in [6.45, 7) is 3.24. The van der Waals surface area contributed by atoms with Crippen LogP contribution in [-0.2, 0) is 4.57 Å². The maximum absolute atomic E-state index is 11.6. The molecule has 0 aliphatic heterocycles. The third-order valence-electron chi connectivity index (χ3n) is 2.07. The Hall–Kier alpha value is -1.27. The third kappa shape index (κ3) is 2.40. The highest BCUT2D eigenvalue weighted by molar-refractivity contribution is 7.57. The van der Waals surface area contributed by atoms with E-state index in [9.17, 15) is 4.57 Å². The van der Waals surface area contributed by atoms with Gasteiger partial charge < -0.3 is 4.52 Å². The highest BCUT2D eigenvalue weighted by atomic mass is 31.2. The van der Waals surface area contributed by atoms with Crippen LogP contribution in [0.5, 0.6) is 5.75 Å². The van der Waals surface area contributed by atoms with E-state index in [1.807, 2.05) is 42.5 Å². The summed E-state index contributed by atoms with van der Waals surface area (Å²) in [5.74, 6) is 0.696. The van der Waals surface area contributed by atoms with E-state index in [2.05, 4.69) is 0 Å². The predicted octanol–water partition coefficient (Wildman–Crippen LogP) is 3.76. The molecule has 15 heavy (non-hydrogen) atoms. The van der Waals surface area contributed by atoms with Gasteiger partial charge in [-0.15, -0.1) is 0 Å². The molecule has 0 atom stereocenters. The molecule has 2 aromatic carbocycles. The molecule has 3 heteroatoms. The minimum absolute atomic E-state index is 0.696. The molecule has 0 heterocycles. The lowest BCUT2D eigenvalue weighted by Gasteiger charge is -2.12. The quantitative estimate of drug-likeness (QED) is 0.720. The molecule has 0 radical (unpaired) electrons. The summed E-state index contributed by atoms with van der Waals surface area (Å²) in [7, 11) is -2.49. The number of hydrogen-bond donors (Lipinski definition) is 0. The van der Waals surface area contributed by atoms with Crippen LogP contribution in [0.4, 0.5) is 0 Å². The molecule has 0 aliphatic rings. The van der Waals surface area contributed by atoms with Gasteiger partial charge >= 0.3 is 0 Å². The van der Waals surface area contributed by atoms with Gasteiger partial charge in [0.05, 0.1) is 0 Å². The van der Waals surface area contributed by atoms with Crippen LogP contribution in [0.1, 0.15) is 0 Å². The number of rotatable bonds is 2. The summed E-state index contributed by atoms with van der Waals surface area (Å²) in [6.07, 6.45) is 0. The predicted molar refractivity (Wildman–Crippen MR) is 64.0 cm³/mol. The van der Waals surface area contributed by atoms with Crippen LogP contribution < -0.4 is 4.52 Å². The van der Waals surface area contributed by atoms with Crippen molar-refractivity contribution in [2.24, 2.45) is 0 Å². The van der Waals surface area contributed by atoms with Crippen LogP contribution in [0.15, 0.2) is 42.5 Å². The lowest BCUT2D eigenvalue weighted by atomic mass is 10.1. The van der Waals surface area contributed by atoms with E-state index in [0.717, 1.165) is 10.8 Å². The lowest BCUT2D eigenvalue weighted by molar-refractivity contribution is 0.497. The molecule has 78 valence electrons. The van der Waals surface area contributed by atoms with Gasteiger partial charge in [-0.25, -0.2) is 0 Å². The minimum Gasteiger partial charge on any atom is -0.443 e. The molecule has 0 saturated heterocycles. The fourth-order valence-electron chi connectivity index (χ4n) is 1.51. The summed E-state index contributed by atoms with van der Waals surface area (Å²) >= 11 is 0. The van der Waals surface area contributed by atoms with Gasteiger partial charge in [-0.2, -0.15) is 0 Å². The van der Waals surface area contributed by atoms with Gasteiger partial charge in [0, 0.05) is 18.7 Å². The molecule has 0 unspecified atom stereocenters. The number of benzene rings is 2. The van der Waals surface area contributed by atoms with Crippen molar-refractivity contribution >= 4 is 18.1 Å². The summed E-state index contributed by atoms with van der Waals surface area (Å²) in [6, 6.07) is 13.7. The normalized spacial score (nSPS) is 11.6. The van der Waals surface area contributed by atoms with Gasteiger partial charge in [-0.3, -0.25) is 4.57 Å². The van der Waals surface area contributed by atoms with Crippen LogP contribution in [0.25, 0.3) is 10.8 Å². The van der Waals surface area contributed by atoms with E-state index in [0.29, 0.717) is 5.75 Å². The Bertz CT molecular complexity index is 523. The SMILES string of the molecule is CP(C)(=O)Oc1cccc2ccccc12. The smallest absolute Gasteiger partial charge is 0.242 e. The van der Waals surface area contributed by atoms with E-state index in [4.69, 9.17) is 4.52 Å². The first kappa shape index (κ1) is 10.3. The Morgan fingerprint density at radius 2 is 1.67 bits per heavy atom. The topological polar surface area (TPSA) is 26.3 Å². The van der Waals surface area contributed by atoms with Crippen LogP contribution >= 0.6 is 7.37 Å². The van der Waals surface area contributed by atoms with Gasteiger partial charge in [0.1, 0.15) is 5.75 Å². The van der Waals surface area contributed by atoms with E-state index in [1.165, 1.54) is 0 Å². The monoisotopic (exact) mass is 220 g/mol. The maximum atomic E-state index is 11.6. The van der Waals surface area contributed by atoms with E-state index in [1.54, 1.807) is 13.3 Å². The largest absolute Gasteiger partial charge is 0.443 e. The van der Waals surface area contributed by atoms with Crippen LogP contribution in [-0.4, -0.2) is 13.3 Å². The Labute approximate surface area is 89.3 Å². The standard InChI is InChI=1S/C12H13O2P/c1-15(2,13)14-12-9-5-7-10-6-3-4-8-11(10)12/h3-9H,1-2H3. The van der Waals surface area contributed by atoms with Crippen LogP contribution in [0.3, 0.4) is 0 Å². The number of hydrogen-bond acceptors (Lipinski definition) is 2. The fourth-order valence-corrected chi connectivity index (χ4v) is 2.15. The van der Waals surface area contributed by atoms with Crippen molar-refractivity contribution in [3.63, 3.8) is 0 Å². The molecule has 0 bridgehead atoms. The summed E-state index contributed by atoms with van der Waals surface area (Å²) in [5, 5.41) is 2.10. The molecule has 0 aromatic heterocycles. The second-order valence-electron chi connectivity index (χ2n) is 3.82. The number of fused-ring (bicyclic) bond motifs is 1. The Morgan fingerprint density at radius 1 is 1.00 bits per heavy atom. The summed E-state index contributed by atoms with van der Waals surface area (Å²) in [5.41, 5.74) is 0. The maximum Gasteiger partial charge on any atom is 0.242 e. The Kier molecular flexibility index (Phi) is 2.54. The zero-order chi connectivity index (χ0) is 10.9. The molecule has 2 nitrogen and oxygen atoms in total. The molecule has 0 saturated carbocycles. The van der Waals surface area contributed by atoms with E-state index < -0.39 is 7.37 Å². The molecular formula is C12H13O2P. The minimum atomic E-state index is -2.49. The molecule has 0 spiro atoms. The van der Waals surface area contributed by atoms with Crippen molar-refractivity contribution in [1.29, 1.82) is 0 Å². The van der Waals surface area contributed by atoms with Gasteiger partial charge in [0.25, 0.3) is 0 Å². The first-order valence-corrected chi connectivity index (χ1v) is 7.30. The lowest BCUT2D eigenvalue weighted by Crippen LogP contribution is -1.89. The summed E-state index contributed by atoms with van der Waals surface area (Å²) < 4.78 is 17.1. The third-order valence-corrected chi connectivity index (χ3v) is 2.70. The van der Waals surface area contributed by atoms with Gasteiger partial charge in [-0.05, 0) is 11.5 Å². The van der Waals surface area contributed by atoms with Crippen LogP contribution in [0.2, 0.25) is 0 Å². The molecule has 0 fully saturated rings. The van der Waals surface area contributed by atoms with Crippen LogP contribution in [0, 0.1) is 0 Å². The first-order valence-electron chi connectivity index (χ1n) is 4.79. The highest BCUT2D eigenvalue weighted by Crippen LogP contribution is 2.41. The molecule has 0 aliphatic carbocycles. The second-order valence-corrected chi connectivity index (χ2v) is 6.51. The van der Waals surface area contributed by atoms with Crippen molar-refractivity contribution in [3.05, 3.63) is 42.5 Å². The fraction of sp³-hybridized carbons (Fsp3) is 0.167.